The van der Waals surface area contributed by atoms with Crippen molar-refractivity contribution >= 4 is 6.29 Å². The van der Waals surface area contributed by atoms with Gasteiger partial charge in [0.2, 0.25) is 0 Å². The lowest BCUT2D eigenvalue weighted by molar-refractivity contribution is -0.0281. The second-order valence-corrected chi connectivity index (χ2v) is 4.58. The lowest BCUT2D eigenvalue weighted by Gasteiger charge is -2.38. The van der Waals surface area contributed by atoms with Crippen LogP contribution in [0, 0.1) is 0 Å². The number of hydrogen-bond acceptors (Lipinski definition) is 3. The zero-order chi connectivity index (χ0) is 11.6. The summed E-state index contributed by atoms with van der Waals surface area (Å²) in [5.41, 5.74) is 0.488. The van der Waals surface area contributed by atoms with E-state index in [9.17, 15) is 9.90 Å². The average molecular weight is 219 g/mol. The van der Waals surface area contributed by atoms with Crippen LogP contribution in [0.1, 0.15) is 28.8 Å². The number of likely N-dealkylation sites (tertiary alicyclic amines) is 1. The Labute approximate surface area is 95.7 Å². The summed E-state index contributed by atoms with van der Waals surface area (Å²) < 4.78 is 0. The van der Waals surface area contributed by atoms with Crippen molar-refractivity contribution < 1.29 is 9.90 Å². The maximum Gasteiger partial charge on any atom is 0.150 e. The first-order valence-corrected chi connectivity index (χ1v) is 5.61. The van der Waals surface area contributed by atoms with E-state index in [0.29, 0.717) is 12.1 Å². The Kier molecular flexibility index (Phi) is 3.08. The standard InChI is InChI=1S/C13H17NO2/c1-14-8-4-7-13(16,10-14)12-6-3-2-5-11(12)9-15/h2-3,5-6,9,16H,4,7-8,10H2,1H3. The van der Waals surface area contributed by atoms with Crippen molar-refractivity contribution in [2.75, 3.05) is 20.1 Å². The van der Waals surface area contributed by atoms with Gasteiger partial charge in [-0.25, -0.2) is 0 Å². The molecule has 1 fully saturated rings. The number of benzene rings is 1. The third-order valence-corrected chi connectivity index (χ3v) is 3.25. The highest BCUT2D eigenvalue weighted by Gasteiger charge is 2.35. The van der Waals surface area contributed by atoms with Crippen LogP contribution in [-0.4, -0.2) is 36.4 Å². The zero-order valence-electron chi connectivity index (χ0n) is 9.52. The fourth-order valence-corrected chi connectivity index (χ4v) is 2.49. The van der Waals surface area contributed by atoms with E-state index < -0.39 is 5.60 Å². The molecule has 1 N–H and O–H groups in total. The van der Waals surface area contributed by atoms with Crippen LogP contribution >= 0.6 is 0 Å². The first-order chi connectivity index (χ1) is 7.65. The van der Waals surface area contributed by atoms with Gasteiger partial charge in [0, 0.05) is 12.1 Å². The number of carbonyl (C=O) groups excluding carboxylic acids is 1. The second kappa shape index (κ2) is 4.36. The maximum atomic E-state index is 11.0. The molecule has 0 aliphatic carbocycles. The number of carbonyl (C=O) groups is 1. The molecule has 1 aliphatic heterocycles. The van der Waals surface area contributed by atoms with Gasteiger partial charge in [0.25, 0.3) is 0 Å². The summed E-state index contributed by atoms with van der Waals surface area (Å²) in [5, 5.41) is 10.6. The lowest BCUT2D eigenvalue weighted by Crippen LogP contribution is -2.44. The van der Waals surface area contributed by atoms with E-state index in [4.69, 9.17) is 0 Å². The minimum atomic E-state index is -0.871. The molecule has 0 bridgehead atoms. The van der Waals surface area contributed by atoms with E-state index in [1.54, 1.807) is 6.07 Å². The van der Waals surface area contributed by atoms with Crippen molar-refractivity contribution in [2.45, 2.75) is 18.4 Å². The molecule has 1 saturated heterocycles. The molecule has 0 aromatic heterocycles. The topological polar surface area (TPSA) is 40.5 Å². The predicted octanol–water partition coefficient (Wildman–Crippen LogP) is 1.41. The fraction of sp³-hybridized carbons (Fsp3) is 0.462. The van der Waals surface area contributed by atoms with Gasteiger partial charge in [0.1, 0.15) is 11.9 Å². The van der Waals surface area contributed by atoms with Crippen LogP contribution in [0.15, 0.2) is 24.3 Å². The zero-order valence-corrected chi connectivity index (χ0v) is 9.52. The Hall–Kier alpha value is -1.19. The van der Waals surface area contributed by atoms with Gasteiger partial charge < -0.3 is 10.0 Å². The van der Waals surface area contributed by atoms with E-state index in [0.717, 1.165) is 31.2 Å². The lowest BCUT2D eigenvalue weighted by atomic mass is 9.83. The van der Waals surface area contributed by atoms with Crippen molar-refractivity contribution in [2.24, 2.45) is 0 Å². The molecule has 16 heavy (non-hydrogen) atoms. The van der Waals surface area contributed by atoms with Crippen molar-refractivity contribution in [1.29, 1.82) is 0 Å². The monoisotopic (exact) mass is 219 g/mol. The molecule has 3 heteroatoms. The van der Waals surface area contributed by atoms with E-state index in [-0.39, 0.29) is 0 Å². The van der Waals surface area contributed by atoms with Crippen LogP contribution in [0.25, 0.3) is 0 Å². The van der Waals surface area contributed by atoms with E-state index >= 15 is 0 Å². The highest BCUT2D eigenvalue weighted by Crippen LogP contribution is 2.32. The quantitative estimate of drug-likeness (QED) is 0.765. The Morgan fingerprint density at radius 1 is 1.44 bits per heavy atom. The smallest absolute Gasteiger partial charge is 0.150 e. The van der Waals surface area contributed by atoms with Crippen molar-refractivity contribution in [3.8, 4) is 0 Å². The Balaban J connectivity index is 2.37. The van der Waals surface area contributed by atoms with Gasteiger partial charge in [0.05, 0.1) is 0 Å². The van der Waals surface area contributed by atoms with Gasteiger partial charge in [-0.2, -0.15) is 0 Å². The van der Waals surface area contributed by atoms with Crippen molar-refractivity contribution in [3.63, 3.8) is 0 Å². The molecule has 0 radical (unpaired) electrons. The third-order valence-electron chi connectivity index (χ3n) is 3.25. The minimum absolute atomic E-state index is 0.595. The molecule has 1 atom stereocenters. The molecule has 1 unspecified atom stereocenters. The van der Waals surface area contributed by atoms with Crippen LogP contribution in [0.4, 0.5) is 0 Å². The molecule has 86 valence electrons. The molecule has 0 saturated carbocycles. The minimum Gasteiger partial charge on any atom is -0.384 e. The molecular formula is C13H17NO2. The molecule has 1 aromatic rings. The Morgan fingerprint density at radius 3 is 2.88 bits per heavy atom. The largest absolute Gasteiger partial charge is 0.384 e. The van der Waals surface area contributed by atoms with Gasteiger partial charge in [0.15, 0.2) is 0 Å². The highest BCUT2D eigenvalue weighted by molar-refractivity contribution is 5.77. The summed E-state index contributed by atoms with van der Waals surface area (Å²) in [6.45, 7) is 1.60. The molecule has 0 spiro atoms. The average Bonchev–Trinajstić information content (AvgIpc) is 2.29. The molecule has 1 aliphatic rings. The summed E-state index contributed by atoms with van der Waals surface area (Å²) in [4.78, 5) is 13.1. The summed E-state index contributed by atoms with van der Waals surface area (Å²) in [7, 11) is 1.99. The van der Waals surface area contributed by atoms with Gasteiger partial charge in [-0.05, 0) is 32.0 Å². The number of aliphatic hydroxyl groups is 1. The first-order valence-electron chi connectivity index (χ1n) is 5.61. The fourth-order valence-electron chi connectivity index (χ4n) is 2.49. The van der Waals surface area contributed by atoms with Gasteiger partial charge in [-0.15, -0.1) is 0 Å². The Bertz CT molecular complexity index is 391. The van der Waals surface area contributed by atoms with Crippen LogP contribution < -0.4 is 0 Å². The van der Waals surface area contributed by atoms with Gasteiger partial charge >= 0.3 is 0 Å². The van der Waals surface area contributed by atoms with E-state index in [1.165, 1.54) is 0 Å². The number of nitrogens with zero attached hydrogens (tertiary/aromatic N) is 1. The SMILES string of the molecule is CN1CCCC(O)(c2ccccc2C=O)C1. The number of β-amino-alcohol motifs (C(OH)–C–C–N with tert-alkyl or cyclic N) is 1. The number of aldehydes is 1. The van der Waals surface area contributed by atoms with Crippen LogP contribution in [0.3, 0.4) is 0 Å². The van der Waals surface area contributed by atoms with E-state index in [1.807, 2.05) is 25.2 Å². The van der Waals surface area contributed by atoms with Gasteiger partial charge in [-0.1, -0.05) is 24.3 Å². The first kappa shape index (κ1) is 11.3. The summed E-state index contributed by atoms with van der Waals surface area (Å²) in [6.07, 6.45) is 2.50. The van der Waals surface area contributed by atoms with Crippen LogP contribution in [-0.2, 0) is 5.60 Å². The predicted molar refractivity (Wildman–Crippen MR) is 62.5 cm³/mol. The normalized spacial score (nSPS) is 26.6. The summed E-state index contributed by atoms with van der Waals surface area (Å²) >= 11 is 0. The highest BCUT2D eigenvalue weighted by atomic mass is 16.3. The summed E-state index contributed by atoms with van der Waals surface area (Å²) in [5.74, 6) is 0. The number of rotatable bonds is 2. The third kappa shape index (κ3) is 2.01. The van der Waals surface area contributed by atoms with Crippen molar-refractivity contribution in [1.82, 2.24) is 4.90 Å². The second-order valence-electron chi connectivity index (χ2n) is 4.58. The molecule has 0 amide bonds. The van der Waals surface area contributed by atoms with Crippen molar-refractivity contribution in [3.05, 3.63) is 35.4 Å². The van der Waals surface area contributed by atoms with Gasteiger partial charge in [-0.3, -0.25) is 4.79 Å². The molecule has 2 rings (SSSR count). The maximum absolute atomic E-state index is 11.0. The van der Waals surface area contributed by atoms with Crippen LogP contribution in [0.5, 0.6) is 0 Å². The number of hydrogen-bond donors (Lipinski definition) is 1. The summed E-state index contributed by atoms with van der Waals surface area (Å²) in [6, 6.07) is 7.30. The molecule has 1 heterocycles. The molecule has 1 aromatic carbocycles. The van der Waals surface area contributed by atoms with Crippen LogP contribution in [0.2, 0.25) is 0 Å². The van der Waals surface area contributed by atoms with E-state index in [2.05, 4.69) is 4.90 Å². The number of piperidine rings is 1. The Morgan fingerprint density at radius 2 is 2.19 bits per heavy atom. The number of likely N-dealkylation sites (N-methyl/N-ethyl adjacent to an activating group) is 1. The molecule has 3 nitrogen and oxygen atoms in total. The molecular weight excluding hydrogens is 202 g/mol.